The first-order chi connectivity index (χ1) is 9.67. The van der Waals surface area contributed by atoms with Gasteiger partial charge in [0.2, 0.25) is 5.91 Å². The fourth-order valence-corrected chi connectivity index (χ4v) is 1.48. The molecule has 0 aromatic heterocycles. The smallest absolute Gasteiger partial charge is 0.233 e. The Morgan fingerprint density at radius 2 is 2.10 bits per heavy atom. The lowest BCUT2D eigenvalue weighted by Gasteiger charge is -2.08. The minimum atomic E-state index is -0.0318. The molecular formula is C13H20N4O3. The summed E-state index contributed by atoms with van der Waals surface area (Å²) in [6.45, 7) is 3.80. The number of nitrogens with zero attached hydrogens (tertiary/aromatic N) is 1. The Hall–Kier alpha value is -2.28. The maximum Gasteiger partial charge on any atom is 0.233 e. The molecule has 0 aliphatic rings. The molecule has 0 saturated carbocycles. The number of rotatable bonds is 8. The van der Waals surface area contributed by atoms with Crippen molar-refractivity contribution in [2.45, 2.75) is 6.92 Å². The van der Waals surface area contributed by atoms with E-state index in [2.05, 4.69) is 15.8 Å². The van der Waals surface area contributed by atoms with Crippen LogP contribution in [0.4, 0.5) is 0 Å². The normalized spacial score (nSPS) is 11.2. The molecule has 7 nitrogen and oxygen atoms in total. The van der Waals surface area contributed by atoms with E-state index in [0.717, 1.165) is 0 Å². The average Bonchev–Trinajstić information content (AvgIpc) is 2.47. The van der Waals surface area contributed by atoms with Crippen molar-refractivity contribution < 1.29 is 14.7 Å². The van der Waals surface area contributed by atoms with E-state index in [9.17, 15) is 4.79 Å². The summed E-state index contributed by atoms with van der Waals surface area (Å²) >= 11 is 0. The Kier molecular flexibility index (Phi) is 6.91. The molecule has 0 bridgehead atoms. The van der Waals surface area contributed by atoms with Crippen LogP contribution in [0.15, 0.2) is 29.4 Å². The van der Waals surface area contributed by atoms with Crippen LogP contribution in [-0.2, 0) is 4.79 Å². The standard InChI is InChI=1S/C13H20N4O3/c1-2-16-12(18)9-15-7-8-20-11-5-3-10(4-6-11)13(14)17-19/h3-6,15,19H,2,7-9H2,1H3,(H2,14,17)(H,16,18). The quantitative estimate of drug-likeness (QED) is 0.175. The van der Waals surface area contributed by atoms with Gasteiger partial charge in [0.05, 0.1) is 6.54 Å². The lowest BCUT2D eigenvalue weighted by Crippen LogP contribution is -2.35. The van der Waals surface area contributed by atoms with Gasteiger partial charge in [0.15, 0.2) is 5.84 Å². The summed E-state index contributed by atoms with van der Waals surface area (Å²) in [7, 11) is 0. The van der Waals surface area contributed by atoms with Gasteiger partial charge in [0.25, 0.3) is 0 Å². The van der Waals surface area contributed by atoms with Gasteiger partial charge >= 0.3 is 0 Å². The van der Waals surface area contributed by atoms with Crippen molar-refractivity contribution in [1.82, 2.24) is 10.6 Å². The number of ether oxygens (including phenoxy) is 1. The monoisotopic (exact) mass is 280 g/mol. The molecule has 1 aromatic rings. The minimum Gasteiger partial charge on any atom is -0.492 e. The first-order valence-corrected chi connectivity index (χ1v) is 6.35. The highest BCUT2D eigenvalue weighted by Crippen LogP contribution is 2.11. The Morgan fingerprint density at radius 3 is 2.70 bits per heavy atom. The number of nitrogens with one attached hydrogen (secondary N) is 2. The number of likely N-dealkylation sites (N-methyl/N-ethyl adjacent to an activating group) is 1. The molecule has 0 aliphatic carbocycles. The zero-order valence-electron chi connectivity index (χ0n) is 11.4. The molecule has 0 spiro atoms. The highest BCUT2D eigenvalue weighted by Gasteiger charge is 2.00. The van der Waals surface area contributed by atoms with E-state index < -0.39 is 0 Å². The molecule has 0 fully saturated rings. The van der Waals surface area contributed by atoms with E-state index in [1.807, 2.05) is 6.92 Å². The van der Waals surface area contributed by atoms with E-state index in [1.54, 1.807) is 24.3 Å². The van der Waals surface area contributed by atoms with Crippen molar-refractivity contribution in [2.24, 2.45) is 10.9 Å². The molecule has 0 atom stereocenters. The molecule has 20 heavy (non-hydrogen) atoms. The van der Waals surface area contributed by atoms with Gasteiger partial charge in [0.1, 0.15) is 12.4 Å². The number of carbonyl (C=O) groups excluding carboxylic acids is 1. The van der Waals surface area contributed by atoms with E-state index in [1.165, 1.54) is 0 Å². The number of oxime groups is 1. The Morgan fingerprint density at radius 1 is 1.40 bits per heavy atom. The molecule has 0 saturated heterocycles. The van der Waals surface area contributed by atoms with Crippen LogP contribution in [0.1, 0.15) is 12.5 Å². The molecule has 0 heterocycles. The molecule has 5 N–H and O–H groups in total. The van der Waals surface area contributed by atoms with Crippen LogP contribution in [0, 0.1) is 0 Å². The van der Waals surface area contributed by atoms with Gasteiger partial charge in [-0.3, -0.25) is 4.79 Å². The van der Waals surface area contributed by atoms with Gasteiger partial charge in [-0.25, -0.2) is 0 Å². The topological polar surface area (TPSA) is 109 Å². The lowest BCUT2D eigenvalue weighted by atomic mass is 10.2. The zero-order valence-corrected chi connectivity index (χ0v) is 11.4. The Balaban J connectivity index is 2.24. The van der Waals surface area contributed by atoms with Gasteiger partial charge < -0.3 is 26.3 Å². The summed E-state index contributed by atoms with van der Waals surface area (Å²) in [4.78, 5) is 11.1. The highest BCUT2D eigenvalue weighted by atomic mass is 16.5. The predicted octanol–water partition coefficient (Wildman–Crippen LogP) is -0.114. The molecule has 110 valence electrons. The van der Waals surface area contributed by atoms with Gasteiger partial charge in [0, 0.05) is 18.7 Å². The molecular weight excluding hydrogens is 260 g/mol. The van der Waals surface area contributed by atoms with Crippen LogP contribution in [0.3, 0.4) is 0 Å². The fourth-order valence-electron chi connectivity index (χ4n) is 1.48. The maximum atomic E-state index is 11.1. The maximum absolute atomic E-state index is 11.1. The van der Waals surface area contributed by atoms with Crippen molar-refractivity contribution in [3.05, 3.63) is 29.8 Å². The number of hydrogen-bond acceptors (Lipinski definition) is 5. The van der Waals surface area contributed by atoms with E-state index >= 15 is 0 Å². The lowest BCUT2D eigenvalue weighted by molar-refractivity contribution is -0.120. The second kappa shape index (κ2) is 8.76. The Bertz CT molecular complexity index is 445. The predicted molar refractivity (Wildman–Crippen MR) is 76.0 cm³/mol. The van der Waals surface area contributed by atoms with Gasteiger partial charge in [-0.15, -0.1) is 0 Å². The summed E-state index contributed by atoms with van der Waals surface area (Å²) < 4.78 is 5.48. The molecule has 0 unspecified atom stereocenters. The van der Waals surface area contributed by atoms with Gasteiger partial charge in [-0.2, -0.15) is 0 Å². The van der Waals surface area contributed by atoms with Crippen LogP contribution >= 0.6 is 0 Å². The number of hydrogen-bond donors (Lipinski definition) is 4. The second-order valence-corrected chi connectivity index (χ2v) is 3.99. The summed E-state index contributed by atoms with van der Waals surface area (Å²) in [6.07, 6.45) is 0. The van der Waals surface area contributed by atoms with Crippen molar-refractivity contribution in [3.63, 3.8) is 0 Å². The fraction of sp³-hybridized carbons (Fsp3) is 0.385. The molecule has 1 rings (SSSR count). The van der Waals surface area contributed by atoms with E-state index in [-0.39, 0.29) is 18.3 Å². The largest absolute Gasteiger partial charge is 0.492 e. The van der Waals surface area contributed by atoms with Crippen LogP contribution in [0.2, 0.25) is 0 Å². The zero-order chi connectivity index (χ0) is 14.8. The van der Waals surface area contributed by atoms with Crippen LogP contribution < -0.4 is 21.1 Å². The third-order valence-electron chi connectivity index (χ3n) is 2.46. The summed E-state index contributed by atoms with van der Waals surface area (Å²) in [5.74, 6) is 0.704. The Labute approximate surface area is 117 Å². The van der Waals surface area contributed by atoms with Crippen molar-refractivity contribution >= 4 is 11.7 Å². The summed E-state index contributed by atoms with van der Waals surface area (Å²) in [5, 5.41) is 17.1. The molecule has 0 aliphatic heterocycles. The minimum absolute atomic E-state index is 0.0318. The number of benzene rings is 1. The van der Waals surface area contributed by atoms with Crippen molar-refractivity contribution in [3.8, 4) is 5.75 Å². The van der Waals surface area contributed by atoms with Crippen LogP contribution in [0.5, 0.6) is 5.75 Å². The van der Waals surface area contributed by atoms with Crippen LogP contribution in [-0.4, -0.2) is 43.2 Å². The highest BCUT2D eigenvalue weighted by molar-refractivity contribution is 5.97. The number of carbonyl (C=O) groups is 1. The first kappa shape index (κ1) is 15.8. The van der Waals surface area contributed by atoms with Crippen LogP contribution in [0.25, 0.3) is 0 Å². The SMILES string of the molecule is CCNC(=O)CNCCOc1ccc(C(N)=NO)cc1. The molecule has 7 heteroatoms. The number of amides is 1. The van der Waals surface area contributed by atoms with E-state index in [4.69, 9.17) is 15.7 Å². The van der Waals surface area contributed by atoms with Gasteiger partial charge in [-0.05, 0) is 31.2 Å². The molecule has 1 amide bonds. The number of amidine groups is 1. The summed E-state index contributed by atoms with van der Waals surface area (Å²) in [6, 6.07) is 6.87. The molecule has 0 radical (unpaired) electrons. The third kappa shape index (κ3) is 5.57. The second-order valence-electron chi connectivity index (χ2n) is 3.99. The number of nitrogens with two attached hydrogens (primary N) is 1. The third-order valence-corrected chi connectivity index (χ3v) is 2.46. The van der Waals surface area contributed by atoms with Gasteiger partial charge in [-0.1, -0.05) is 5.16 Å². The summed E-state index contributed by atoms with van der Waals surface area (Å²) in [5.41, 5.74) is 6.07. The van der Waals surface area contributed by atoms with Crippen molar-refractivity contribution in [1.29, 1.82) is 0 Å². The van der Waals surface area contributed by atoms with Crippen molar-refractivity contribution in [2.75, 3.05) is 26.2 Å². The first-order valence-electron chi connectivity index (χ1n) is 6.35. The van der Waals surface area contributed by atoms with E-state index in [0.29, 0.717) is 31.0 Å². The average molecular weight is 280 g/mol. The molecule has 1 aromatic carbocycles.